The van der Waals surface area contributed by atoms with Gasteiger partial charge in [0.25, 0.3) is 0 Å². The van der Waals surface area contributed by atoms with E-state index in [1.165, 1.54) is 31.4 Å². The Bertz CT molecular complexity index is 637. The highest BCUT2D eigenvalue weighted by Crippen LogP contribution is 2.19. The fourth-order valence-corrected chi connectivity index (χ4v) is 2.83. The summed E-state index contributed by atoms with van der Waals surface area (Å²) < 4.78 is 26.3. The van der Waals surface area contributed by atoms with Gasteiger partial charge in [-0.15, -0.1) is 0 Å². The van der Waals surface area contributed by atoms with E-state index in [9.17, 15) is 8.78 Å². The highest BCUT2D eigenvalue weighted by atomic mass is 19.1. The van der Waals surface area contributed by atoms with Gasteiger partial charge in [0.15, 0.2) is 0 Å². The Labute approximate surface area is 134 Å². The van der Waals surface area contributed by atoms with Crippen LogP contribution >= 0.6 is 0 Å². The van der Waals surface area contributed by atoms with Crippen LogP contribution in [0.25, 0.3) is 0 Å². The van der Waals surface area contributed by atoms with Crippen LogP contribution in [0.4, 0.5) is 20.4 Å². The van der Waals surface area contributed by atoms with Crippen LogP contribution in [0.2, 0.25) is 0 Å². The van der Waals surface area contributed by atoms with Gasteiger partial charge < -0.3 is 10.2 Å². The molecule has 2 heterocycles. The lowest BCUT2D eigenvalue weighted by Gasteiger charge is -2.27. The molecular weight excluding hydrogens is 298 g/mol. The molecule has 1 aromatic carbocycles. The molecule has 4 nitrogen and oxygen atoms in total. The van der Waals surface area contributed by atoms with Crippen LogP contribution < -0.4 is 10.2 Å². The number of halogens is 2. The Morgan fingerprint density at radius 1 is 0.957 bits per heavy atom. The Morgan fingerprint density at radius 3 is 2.43 bits per heavy atom. The molecule has 0 aliphatic carbocycles. The first-order valence-electron chi connectivity index (χ1n) is 7.96. The molecule has 0 bridgehead atoms. The maximum atomic E-state index is 13.2. The summed E-state index contributed by atoms with van der Waals surface area (Å²) in [4.78, 5) is 10.8. The standard InChI is InChI=1S/C17H20F2N4/c18-14-8-13(9-15(19)10-14)4-5-20-16-11-17(22-12-21-16)23-6-2-1-3-7-23/h8-12H,1-7H2,(H,20,21,22). The van der Waals surface area contributed by atoms with Crippen molar-refractivity contribution in [2.45, 2.75) is 25.7 Å². The molecule has 1 aromatic heterocycles. The zero-order valence-electron chi connectivity index (χ0n) is 12.9. The van der Waals surface area contributed by atoms with Crippen molar-refractivity contribution in [1.29, 1.82) is 0 Å². The Balaban J connectivity index is 1.57. The third kappa shape index (κ3) is 4.37. The van der Waals surface area contributed by atoms with Gasteiger partial charge in [0.1, 0.15) is 29.6 Å². The van der Waals surface area contributed by atoms with E-state index in [4.69, 9.17) is 0 Å². The first-order chi connectivity index (χ1) is 11.2. The highest BCUT2D eigenvalue weighted by molar-refractivity contribution is 5.48. The summed E-state index contributed by atoms with van der Waals surface area (Å²) in [6.07, 6.45) is 5.73. The number of hydrogen-bond donors (Lipinski definition) is 1. The van der Waals surface area contributed by atoms with Crippen molar-refractivity contribution in [2.24, 2.45) is 0 Å². The van der Waals surface area contributed by atoms with E-state index in [-0.39, 0.29) is 0 Å². The van der Waals surface area contributed by atoms with Crippen LogP contribution in [0.1, 0.15) is 24.8 Å². The average molecular weight is 318 g/mol. The molecule has 6 heteroatoms. The van der Waals surface area contributed by atoms with Crippen molar-refractivity contribution in [1.82, 2.24) is 9.97 Å². The van der Waals surface area contributed by atoms with E-state index in [2.05, 4.69) is 20.2 Å². The molecule has 0 atom stereocenters. The van der Waals surface area contributed by atoms with Crippen molar-refractivity contribution < 1.29 is 8.78 Å². The maximum Gasteiger partial charge on any atom is 0.134 e. The molecule has 23 heavy (non-hydrogen) atoms. The number of hydrogen-bond acceptors (Lipinski definition) is 4. The summed E-state index contributed by atoms with van der Waals surface area (Å²) in [7, 11) is 0. The molecule has 1 aliphatic rings. The third-order valence-corrected chi connectivity index (χ3v) is 3.97. The number of nitrogens with zero attached hydrogens (tertiary/aromatic N) is 3. The molecule has 122 valence electrons. The van der Waals surface area contributed by atoms with Crippen molar-refractivity contribution in [2.75, 3.05) is 29.9 Å². The lowest BCUT2D eigenvalue weighted by Crippen LogP contribution is -2.30. The molecule has 0 radical (unpaired) electrons. The predicted molar refractivity (Wildman–Crippen MR) is 86.6 cm³/mol. The molecule has 1 fully saturated rings. The lowest BCUT2D eigenvalue weighted by atomic mass is 10.1. The smallest absolute Gasteiger partial charge is 0.134 e. The minimum atomic E-state index is -0.547. The van der Waals surface area contributed by atoms with Crippen LogP contribution in [0.5, 0.6) is 0 Å². The van der Waals surface area contributed by atoms with Gasteiger partial charge in [0.05, 0.1) is 0 Å². The largest absolute Gasteiger partial charge is 0.370 e. The van der Waals surface area contributed by atoms with Crippen LogP contribution in [0.3, 0.4) is 0 Å². The third-order valence-electron chi connectivity index (χ3n) is 3.97. The van der Waals surface area contributed by atoms with Gasteiger partial charge in [-0.3, -0.25) is 0 Å². The van der Waals surface area contributed by atoms with Gasteiger partial charge >= 0.3 is 0 Å². The van der Waals surface area contributed by atoms with Crippen LogP contribution in [0.15, 0.2) is 30.6 Å². The molecule has 1 aliphatic heterocycles. The number of rotatable bonds is 5. The van der Waals surface area contributed by atoms with Crippen molar-refractivity contribution in [3.8, 4) is 0 Å². The van der Waals surface area contributed by atoms with Gasteiger partial charge in [0, 0.05) is 31.8 Å². The molecular formula is C17H20F2N4. The normalized spacial score (nSPS) is 14.8. The molecule has 0 amide bonds. The first-order valence-corrected chi connectivity index (χ1v) is 7.96. The second kappa shape index (κ2) is 7.35. The Kier molecular flexibility index (Phi) is 5.00. The maximum absolute atomic E-state index is 13.2. The summed E-state index contributed by atoms with van der Waals surface area (Å²) >= 11 is 0. The van der Waals surface area contributed by atoms with Crippen LogP contribution in [-0.2, 0) is 6.42 Å². The van der Waals surface area contributed by atoms with Gasteiger partial charge in [-0.2, -0.15) is 0 Å². The fraction of sp³-hybridized carbons (Fsp3) is 0.412. The zero-order chi connectivity index (χ0) is 16.1. The molecule has 2 aromatic rings. The molecule has 1 N–H and O–H groups in total. The number of nitrogens with one attached hydrogen (secondary N) is 1. The minimum Gasteiger partial charge on any atom is -0.370 e. The fourth-order valence-electron chi connectivity index (χ4n) is 2.83. The van der Waals surface area contributed by atoms with E-state index in [0.29, 0.717) is 18.5 Å². The van der Waals surface area contributed by atoms with Crippen molar-refractivity contribution in [3.05, 3.63) is 47.8 Å². The summed E-state index contributed by atoms with van der Waals surface area (Å²) in [6.45, 7) is 2.61. The first kappa shape index (κ1) is 15.6. The summed E-state index contributed by atoms with van der Waals surface area (Å²) in [5.41, 5.74) is 0.625. The second-order valence-corrected chi connectivity index (χ2v) is 5.76. The molecule has 0 spiro atoms. The van der Waals surface area contributed by atoms with E-state index >= 15 is 0 Å². The summed E-state index contributed by atoms with van der Waals surface area (Å²) in [5.74, 6) is 0.570. The van der Waals surface area contributed by atoms with Gasteiger partial charge in [-0.05, 0) is 43.4 Å². The topological polar surface area (TPSA) is 41.0 Å². The SMILES string of the molecule is Fc1cc(F)cc(CCNc2cc(N3CCCCC3)ncn2)c1. The predicted octanol–water partition coefficient (Wildman–Crippen LogP) is 3.40. The van der Waals surface area contributed by atoms with Crippen LogP contribution in [-0.4, -0.2) is 29.6 Å². The number of benzene rings is 1. The Morgan fingerprint density at radius 2 is 1.70 bits per heavy atom. The Hall–Kier alpha value is -2.24. The molecule has 0 saturated carbocycles. The van der Waals surface area contributed by atoms with E-state index < -0.39 is 11.6 Å². The lowest BCUT2D eigenvalue weighted by molar-refractivity contribution is 0.573. The van der Waals surface area contributed by atoms with Crippen molar-refractivity contribution >= 4 is 11.6 Å². The summed E-state index contributed by atoms with van der Waals surface area (Å²) in [6, 6.07) is 5.51. The average Bonchev–Trinajstić information content (AvgIpc) is 2.55. The quantitative estimate of drug-likeness (QED) is 0.917. The van der Waals surface area contributed by atoms with E-state index in [1.54, 1.807) is 6.33 Å². The van der Waals surface area contributed by atoms with E-state index in [1.807, 2.05) is 6.07 Å². The number of piperidine rings is 1. The zero-order valence-corrected chi connectivity index (χ0v) is 12.9. The highest BCUT2D eigenvalue weighted by Gasteiger charge is 2.12. The number of anilines is 2. The monoisotopic (exact) mass is 318 g/mol. The summed E-state index contributed by atoms with van der Waals surface area (Å²) in [5, 5.41) is 3.19. The second-order valence-electron chi connectivity index (χ2n) is 5.76. The van der Waals surface area contributed by atoms with E-state index in [0.717, 1.165) is 30.8 Å². The number of aromatic nitrogens is 2. The minimum absolute atomic E-state index is 0.526. The van der Waals surface area contributed by atoms with Gasteiger partial charge in [0.2, 0.25) is 0 Å². The molecule has 0 unspecified atom stereocenters. The molecule has 1 saturated heterocycles. The van der Waals surface area contributed by atoms with Gasteiger partial charge in [-0.1, -0.05) is 0 Å². The van der Waals surface area contributed by atoms with Crippen molar-refractivity contribution in [3.63, 3.8) is 0 Å². The van der Waals surface area contributed by atoms with Gasteiger partial charge in [-0.25, -0.2) is 18.7 Å². The van der Waals surface area contributed by atoms with Crippen LogP contribution in [0, 0.1) is 11.6 Å². The molecule has 3 rings (SSSR count).